The van der Waals surface area contributed by atoms with Gasteiger partial charge in [0.1, 0.15) is 11.8 Å². The standard InChI is InChI=1S/C24H30Cl2N2O3S/c1-5-22(24(30)27-16(2)3)28(13-17-8-6-9-18(12-17)31-4)23(29)15-32-14-19-20(25)10-7-11-21(19)26/h6-12,16,22H,5,13-15H2,1-4H3,(H,27,30)/t22-/m1/s1. The largest absolute Gasteiger partial charge is 0.497 e. The van der Waals surface area contributed by atoms with Crippen LogP contribution in [0.2, 0.25) is 10.0 Å². The van der Waals surface area contributed by atoms with E-state index in [0.29, 0.717) is 34.5 Å². The highest BCUT2D eigenvalue weighted by Crippen LogP contribution is 2.28. The van der Waals surface area contributed by atoms with Gasteiger partial charge in [-0.3, -0.25) is 9.59 Å². The number of thioether (sulfide) groups is 1. The van der Waals surface area contributed by atoms with E-state index >= 15 is 0 Å². The van der Waals surface area contributed by atoms with Crippen LogP contribution >= 0.6 is 35.0 Å². The molecule has 0 saturated carbocycles. The van der Waals surface area contributed by atoms with Crippen molar-refractivity contribution in [3.05, 3.63) is 63.6 Å². The first-order chi connectivity index (χ1) is 15.3. The summed E-state index contributed by atoms with van der Waals surface area (Å²) in [5.74, 6) is 1.14. The van der Waals surface area contributed by atoms with E-state index in [1.54, 1.807) is 30.2 Å². The van der Waals surface area contributed by atoms with Gasteiger partial charge in [0.25, 0.3) is 0 Å². The Hall–Kier alpha value is -1.89. The average Bonchev–Trinajstić information content (AvgIpc) is 2.75. The highest BCUT2D eigenvalue weighted by atomic mass is 35.5. The minimum Gasteiger partial charge on any atom is -0.497 e. The van der Waals surface area contributed by atoms with Gasteiger partial charge in [-0.15, -0.1) is 11.8 Å². The highest BCUT2D eigenvalue weighted by Gasteiger charge is 2.29. The first-order valence-electron chi connectivity index (χ1n) is 10.5. The summed E-state index contributed by atoms with van der Waals surface area (Å²) < 4.78 is 5.31. The molecule has 0 aliphatic rings. The fourth-order valence-corrected chi connectivity index (χ4v) is 4.91. The van der Waals surface area contributed by atoms with E-state index in [1.807, 2.05) is 45.0 Å². The molecule has 0 unspecified atom stereocenters. The summed E-state index contributed by atoms with van der Waals surface area (Å²) in [5.41, 5.74) is 1.70. The molecule has 0 radical (unpaired) electrons. The van der Waals surface area contributed by atoms with Crippen LogP contribution in [0.15, 0.2) is 42.5 Å². The van der Waals surface area contributed by atoms with Gasteiger partial charge >= 0.3 is 0 Å². The average molecular weight is 497 g/mol. The second-order valence-corrected chi connectivity index (χ2v) is 9.45. The van der Waals surface area contributed by atoms with Gasteiger partial charge in [-0.25, -0.2) is 0 Å². The summed E-state index contributed by atoms with van der Waals surface area (Å²) in [5, 5.41) is 4.09. The van der Waals surface area contributed by atoms with Crippen LogP contribution in [-0.2, 0) is 21.9 Å². The van der Waals surface area contributed by atoms with Gasteiger partial charge in [-0.05, 0) is 55.7 Å². The zero-order valence-corrected chi connectivity index (χ0v) is 21.2. The summed E-state index contributed by atoms with van der Waals surface area (Å²) in [7, 11) is 1.60. The zero-order valence-electron chi connectivity index (χ0n) is 18.9. The molecule has 0 heterocycles. The highest BCUT2D eigenvalue weighted by molar-refractivity contribution is 7.99. The van der Waals surface area contributed by atoms with Crippen molar-refractivity contribution in [2.24, 2.45) is 0 Å². The number of methoxy groups -OCH3 is 1. The van der Waals surface area contributed by atoms with Crippen LogP contribution in [-0.4, -0.2) is 41.7 Å². The number of hydrogen-bond acceptors (Lipinski definition) is 4. The molecule has 0 aliphatic heterocycles. The van der Waals surface area contributed by atoms with Crippen LogP contribution in [0.25, 0.3) is 0 Å². The topological polar surface area (TPSA) is 58.6 Å². The third kappa shape index (κ3) is 7.61. The van der Waals surface area contributed by atoms with E-state index < -0.39 is 6.04 Å². The second-order valence-electron chi connectivity index (χ2n) is 7.65. The van der Waals surface area contributed by atoms with Crippen LogP contribution in [0.3, 0.4) is 0 Å². The maximum atomic E-state index is 13.3. The Labute approximate surface area is 204 Å². The lowest BCUT2D eigenvalue weighted by molar-refractivity contribution is -0.139. The van der Waals surface area contributed by atoms with Crippen LogP contribution in [0.4, 0.5) is 0 Å². The number of halogens is 2. The first-order valence-corrected chi connectivity index (χ1v) is 12.4. The SMILES string of the molecule is CC[C@H](C(=O)NC(C)C)N(Cc1cccc(OC)c1)C(=O)CSCc1c(Cl)cccc1Cl. The van der Waals surface area contributed by atoms with E-state index in [4.69, 9.17) is 27.9 Å². The lowest BCUT2D eigenvalue weighted by Crippen LogP contribution is -2.50. The molecule has 0 saturated heterocycles. The smallest absolute Gasteiger partial charge is 0.243 e. The molecule has 0 fully saturated rings. The van der Waals surface area contributed by atoms with Crippen molar-refractivity contribution in [2.45, 2.75) is 51.6 Å². The van der Waals surface area contributed by atoms with Crippen LogP contribution in [0.5, 0.6) is 5.75 Å². The van der Waals surface area contributed by atoms with Crippen molar-refractivity contribution in [1.29, 1.82) is 0 Å². The number of nitrogens with zero attached hydrogens (tertiary/aromatic N) is 1. The Balaban J connectivity index is 2.19. The summed E-state index contributed by atoms with van der Waals surface area (Å²) >= 11 is 13.9. The van der Waals surface area contributed by atoms with E-state index in [0.717, 1.165) is 11.1 Å². The summed E-state index contributed by atoms with van der Waals surface area (Å²) in [6.45, 7) is 6.03. The number of benzene rings is 2. The van der Waals surface area contributed by atoms with Gasteiger partial charge in [0, 0.05) is 28.4 Å². The molecular weight excluding hydrogens is 467 g/mol. The number of carbonyl (C=O) groups excluding carboxylic acids is 2. The Kier molecular flexibility index (Phi) is 10.7. The molecule has 8 heteroatoms. The monoisotopic (exact) mass is 496 g/mol. The van der Waals surface area contributed by atoms with Crippen LogP contribution in [0, 0.1) is 0 Å². The zero-order chi connectivity index (χ0) is 23.7. The molecule has 5 nitrogen and oxygen atoms in total. The molecule has 174 valence electrons. The predicted octanol–water partition coefficient (Wildman–Crippen LogP) is 5.57. The van der Waals surface area contributed by atoms with E-state index in [1.165, 1.54) is 11.8 Å². The molecule has 2 amide bonds. The lowest BCUT2D eigenvalue weighted by atomic mass is 10.1. The number of amides is 2. The maximum Gasteiger partial charge on any atom is 0.243 e. The minimum absolute atomic E-state index is 0.0120. The lowest BCUT2D eigenvalue weighted by Gasteiger charge is -2.31. The van der Waals surface area contributed by atoms with Crippen LogP contribution < -0.4 is 10.1 Å². The van der Waals surface area contributed by atoms with Crippen molar-refractivity contribution in [2.75, 3.05) is 12.9 Å². The second kappa shape index (κ2) is 13.0. The van der Waals surface area contributed by atoms with Crippen molar-refractivity contribution in [3.63, 3.8) is 0 Å². The Morgan fingerprint density at radius 2 is 1.78 bits per heavy atom. The third-order valence-corrected chi connectivity index (χ3v) is 6.49. The number of carbonyl (C=O) groups is 2. The molecule has 32 heavy (non-hydrogen) atoms. The number of nitrogens with one attached hydrogen (secondary N) is 1. The fraction of sp³-hybridized carbons (Fsp3) is 0.417. The molecule has 2 rings (SSSR count). The summed E-state index contributed by atoms with van der Waals surface area (Å²) in [4.78, 5) is 27.8. The van der Waals surface area contributed by atoms with Gasteiger partial charge in [-0.1, -0.05) is 48.3 Å². The van der Waals surface area contributed by atoms with E-state index in [-0.39, 0.29) is 23.6 Å². The molecule has 0 aliphatic carbocycles. The van der Waals surface area contributed by atoms with E-state index in [9.17, 15) is 9.59 Å². The third-order valence-electron chi connectivity index (χ3n) is 4.84. The van der Waals surface area contributed by atoms with Gasteiger partial charge in [0.05, 0.1) is 12.9 Å². The molecular formula is C24H30Cl2N2O3S. The predicted molar refractivity (Wildman–Crippen MR) is 134 cm³/mol. The maximum absolute atomic E-state index is 13.3. The van der Waals surface area contributed by atoms with Crippen molar-refractivity contribution in [3.8, 4) is 5.75 Å². The molecule has 0 bridgehead atoms. The van der Waals surface area contributed by atoms with Crippen molar-refractivity contribution < 1.29 is 14.3 Å². The quantitative estimate of drug-likeness (QED) is 0.441. The Morgan fingerprint density at radius 3 is 2.38 bits per heavy atom. The van der Waals surface area contributed by atoms with Gasteiger partial charge in [0.2, 0.25) is 11.8 Å². The summed E-state index contributed by atoms with van der Waals surface area (Å²) in [6.07, 6.45) is 0.509. The van der Waals surface area contributed by atoms with Crippen LogP contribution in [0.1, 0.15) is 38.3 Å². The Morgan fingerprint density at radius 1 is 1.12 bits per heavy atom. The molecule has 1 N–H and O–H groups in total. The Bertz CT molecular complexity index is 904. The molecule has 0 aromatic heterocycles. The number of hydrogen-bond donors (Lipinski definition) is 1. The molecule has 2 aromatic rings. The van der Waals surface area contributed by atoms with Gasteiger partial charge < -0.3 is 15.0 Å². The van der Waals surface area contributed by atoms with Crippen molar-refractivity contribution >= 4 is 46.8 Å². The first kappa shape index (κ1) is 26.4. The minimum atomic E-state index is -0.569. The van der Waals surface area contributed by atoms with Gasteiger partial charge in [0.15, 0.2) is 0 Å². The number of ether oxygens (including phenoxy) is 1. The fourth-order valence-electron chi connectivity index (χ4n) is 3.26. The molecule has 0 spiro atoms. The number of rotatable bonds is 11. The normalized spacial score (nSPS) is 11.8. The van der Waals surface area contributed by atoms with Crippen molar-refractivity contribution in [1.82, 2.24) is 10.2 Å². The van der Waals surface area contributed by atoms with E-state index in [2.05, 4.69) is 5.32 Å². The molecule has 2 aromatic carbocycles. The summed E-state index contributed by atoms with van der Waals surface area (Å²) in [6, 6.07) is 12.3. The van der Waals surface area contributed by atoms with Gasteiger partial charge in [-0.2, -0.15) is 0 Å². The molecule has 1 atom stereocenters.